The number of hydrogen-bond acceptors (Lipinski definition) is 8. The zero-order valence-electron chi connectivity index (χ0n) is 15.5. The Kier molecular flexibility index (Phi) is 3.57. The molecular formula is C20H20O8. The largest absolute Gasteiger partial charge is 0.502 e. The van der Waals surface area contributed by atoms with Crippen LogP contribution in [0.4, 0.5) is 0 Å². The smallest absolute Gasteiger partial charge is 0.315 e. The first-order valence-corrected chi connectivity index (χ1v) is 9.13. The molecule has 2 bridgehead atoms. The van der Waals surface area contributed by atoms with Crippen LogP contribution in [0.25, 0.3) is 6.08 Å². The molecule has 0 saturated carbocycles. The van der Waals surface area contributed by atoms with E-state index in [1.165, 1.54) is 14.2 Å². The second-order valence-electron chi connectivity index (χ2n) is 7.60. The van der Waals surface area contributed by atoms with Gasteiger partial charge in [0.1, 0.15) is 29.8 Å². The highest BCUT2D eigenvalue weighted by Crippen LogP contribution is 2.62. The van der Waals surface area contributed by atoms with E-state index in [4.69, 9.17) is 23.7 Å². The Bertz CT molecular complexity index is 896. The number of esters is 1. The number of hydrogen-bond donors (Lipinski definition) is 1. The molecule has 5 rings (SSSR count). The maximum Gasteiger partial charge on any atom is 0.315 e. The number of ketones is 1. The highest BCUT2D eigenvalue weighted by molar-refractivity contribution is 6.06. The van der Waals surface area contributed by atoms with Gasteiger partial charge >= 0.3 is 5.97 Å². The number of fused-ring (bicyclic) bond motifs is 1. The van der Waals surface area contributed by atoms with E-state index < -0.39 is 23.2 Å². The van der Waals surface area contributed by atoms with Crippen LogP contribution in [0.1, 0.15) is 18.4 Å². The van der Waals surface area contributed by atoms with Crippen LogP contribution in [-0.4, -0.2) is 62.1 Å². The molecule has 28 heavy (non-hydrogen) atoms. The van der Waals surface area contributed by atoms with Gasteiger partial charge in [-0.15, -0.1) is 0 Å². The molecule has 4 unspecified atom stereocenters. The lowest BCUT2D eigenvalue weighted by molar-refractivity contribution is -0.197. The third-order valence-electron chi connectivity index (χ3n) is 6.43. The molecule has 4 heterocycles. The van der Waals surface area contributed by atoms with Crippen molar-refractivity contribution in [2.24, 2.45) is 5.41 Å². The van der Waals surface area contributed by atoms with Gasteiger partial charge in [0, 0.05) is 18.6 Å². The van der Waals surface area contributed by atoms with Gasteiger partial charge in [-0.1, -0.05) is 0 Å². The summed E-state index contributed by atoms with van der Waals surface area (Å²) in [6, 6.07) is 3.22. The van der Waals surface area contributed by atoms with E-state index in [-0.39, 0.29) is 35.6 Å². The molecule has 4 saturated heterocycles. The molecule has 0 radical (unpaired) electrons. The van der Waals surface area contributed by atoms with Crippen molar-refractivity contribution in [3.63, 3.8) is 0 Å². The van der Waals surface area contributed by atoms with E-state index in [9.17, 15) is 14.7 Å². The van der Waals surface area contributed by atoms with Gasteiger partial charge in [0.05, 0.1) is 14.2 Å². The van der Waals surface area contributed by atoms with Gasteiger partial charge in [-0.3, -0.25) is 9.59 Å². The van der Waals surface area contributed by atoms with Gasteiger partial charge in [0.2, 0.25) is 5.75 Å². The molecule has 8 heteroatoms. The van der Waals surface area contributed by atoms with E-state index in [2.05, 4.69) is 0 Å². The van der Waals surface area contributed by atoms with Gasteiger partial charge in [-0.05, 0) is 30.2 Å². The zero-order valence-corrected chi connectivity index (χ0v) is 15.5. The number of rotatable bonds is 3. The van der Waals surface area contributed by atoms with E-state index in [1.807, 2.05) is 0 Å². The number of Topliss-reactive ketones (excluding diaryl/α,β-unsaturated/α-hetero) is 1. The van der Waals surface area contributed by atoms with E-state index in [0.717, 1.165) is 0 Å². The van der Waals surface area contributed by atoms with Crippen LogP contribution in [0, 0.1) is 5.41 Å². The number of methoxy groups -OCH3 is 2. The molecule has 148 valence electrons. The van der Waals surface area contributed by atoms with Gasteiger partial charge < -0.3 is 28.8 Å². The predicted octanol–water partition coefficient (Wildman–Crippen LogP) is 1.24. The summed E-state index contributed by atoms with van der Waals surface area (Å²) in [5.41, 5.74) is -0.739. The average Bonchev–Trinajstić information content (AvgIpc) is 3.19. The first kappa shape index (κ1) is 17.5. The third-order valence-corrected chi connectivity index (χ3v) is 6.43. The fraction of sp³-hybridized carbons (Fsp3) is 0.500. The Hall–Kier alpha value is -2.58. The van der Waals surface area contributed by atoms with Crippen molar-refractivity contribution in [1.29, 1.82) is 0 Å². The summed E-state index contributed by atoms with van der Waals surface area (Å²) in [5.74, 6) is -0.155. The van der Waals surface area contributed by atoms with Crippen LogP contribution in [-0.2, 0) is 23.8 Å². The molecule has 4 atom stereocenters. The monoisotopic (exact) mass is 388 g/mol. The SMILES string of the molecule is COc1cc(/C=C2\C(=O)C3CC45CCOC2C4(COC5=O)O3)cc(OC)c1O. The summed E-state index contributed by atoms with van der Waals surface area (Å²) in [7, 11) is 2.87. The second kappa shape index (κ2) is 5.71. The molecule has 1 aromatic rings. The molecule has 4 aliphatic rings. The van der Waals surface area contributed by atoms with E-state index in [1.54, 1.807) is 18.2 Å². The molecule has 8 nitrogen and oxygen atoms in total. The van der Waals surface area contributed by atoms with Crippen LogP contribution in [0.5, 0.6) is 17.2 Å². The Morgan fingerprint density at radius 1 is 1.21 bits per heavy atom. The molecule has 1 spiro atoms. The van der Waals surface area contributed by atoms with Gasteiger partial charge in [0.25, 0.3) is 0 Å². The minimum Gasteiger partial charge on any atom is -0.502 e. The fourth-order valence-electron chi connectivity index (χ4n) is 5.05. The fourth-order valence-corrected chi connectivity index (χ4v) is 5.05. The van der Waals surface area contributed by atoms with Crippen molar-refractivity contribution in [2.75, 3.05) is 27.4 Å². The standard InChI is InChI=1S/C20H20O8/c1-24-12-6-10(7-13(25-2)16(12)22)5-11-15(21)14-8-19-3-4-26-17(11)20(19,28-14)9-27-18(19)23/h5-7,14,17,22H,3-4,8-9H2,1-2H3/b11-5+. The van der Waals surface area contributed by atoms with Crippen LogP contribution < -0.4 is 9.47 Å². The van der Waals surface area contributed by atoms with Crippen molar-refractivity contribution in [3.8, 4) is 17.2 Å². The van der Waals surface area contributed by atoms with Crippen molar-refractivity contribution in [2.45, 2.75) is 30.7 Å². The maximum absolute atomic E-state index is 13.1. The summed E-state index contributed by atoms with van der Waals surface area (Å²) >= 11 is 0. The lowest BCUT2D eigenvalue weighted by Crippen LogP contribution is -2.62. The highest BCUT2D eigenvalue weighted by Gasteiger charge is 2.77. The number of phenols is 1. The minimum absolute atomic E-state index is 0.0832. The summed E-state index contributed by atoms with van der Waals surface area (Å²) in [4.78, 5) is 25.7. The normalized spacial score (nSPS) is 37.0. The molecular weight excluding hydrogens is 368 g/mol. The second-order valence-corrected chi connectivity index (χ2v) is 7.60. The summed E-state index contributed by atoms with van der Waals surface area (Å²) in [6.45, 7) is 0.435. The van der Waals surface area contributed by atoms with Crippen LogP contribution in [0.2, 0.25) is 0 Å². The van der Waals surface area contributed by atoms with Crippen molar-refractivity contribution < 1.29 is 38.4 Å². The molecule has 0 aliphatic carbocycles. The Labute approximate surface area is 161 Å². The lowest BCUT2D eigenvalue weighted by atomic mass is 9.67. The van der Waals surface area contributed by atoms with E-state index >= 15 is 0 Å². The minimum atomic E-state index is -0.960. The Morgan fingerprint density at radius 2 is 1.93 bits per heavy atom. The van der Waals surface area contributed by atoms with Crippen molar-refractivity contribution >= 4 is 17.8 Å². The van der Waals surface area contributed by atoms with Gasteiger partial charge in [-0.25, -0.2) is 0 Å². The summed E-state index contributed by atoms with van der Waals surface area (Å²) < 4.78 is 27.8. The molecule has 4 fully saturated rings. The number of cyclic esters (lactones) is 1. The van der Waals surface area contributed by atoms with Crippen LogP contribution in [0.3, 0.4) is 0 Å². The van der Waals surface area contributed by atoms with Crippen molar-refractivity contribution in [3.05, 3.63) is 23.3 Å². The van der Waals surface area contributed by atoms with Gasteiger partial charge in [-0.2, -0.15) is 0 Å². The van der Waals surface area contributed by atoms with Crippen LogP contribution >= 0.6 is 0 Å². The molecule has 1 aromatic carbocycles. The quantitative estimate of drug-likeness (QED) is 0.610. The highest BCUT2D eigenvalue weighted by atomic mass is 16.6. The topological polar surface area (TPSA) is 101 Å². The number of carbonyl (C=O) groups is 2. The zero-order chi connectivity index (χ0) is 19.7. The molecule has 4 aliphatic heterocycles. The maximum atomic E-state index is 13.1. The Balaban J connectivity index is 1.64. The first-order valence-electron chi connectivity index (χ1n) is 9.13. The first-order chi connectivity index (χ1) is 13.5. The summed E-state index contributed by atoms with van der Waals surface area (Å²) in [5, 5.41) is 10.1. The lowest BCUT2D eigenvalue weighted by Gasteiger charge is -2.46. The number of phenolic OH excluding ortho intramolecular Hbond substituents is 1. The average molecular weight is 388 g/mol. The van der Waals surface area contributed by atoms with E-state index in [0.29, 0.717) is 30.6 Å². The Morgan fingerprint density at radius 3 is 2.61 bits per heavy atom. The molecule has 0 amide bonds. The number of carbonyl (C=O) groups excluding carboxylic acids is 2. The number of aromatic hydroxyl groups is 1. The molecule has 1 N–H and O–H groups in total. The number of benzene rings is 1. The van der Waals surface area contributed by atoms with Crippen molar-refractivity contribution in [1.82, 2.24) is 0 Å². The molecule has 0 aromatic heterocycles. The van der Waals surface area contributed by atoms with Crippen LogP contribution in [0.15, 0.2) is 17.7 Å². The predicted molar refractivity (Wildman–Crippen MR) is 94.2 cm³/mol. The number of ether oxygens (including phenoxy) is 5. The van der Waals surface area contributed by atoms with Gasteiger partial charge in [0.15, 0.2) is 17.3 Å². The summed E-state index contributed by atoms with van der Waals surface area (Å²) in [6.07, 6.45) is 1.13. The third kappa shape index (κ3) is 1.96.